The molecule has 204 valence electrons. The van der Waals surface area contributed by atoms with Crippen LogP contribution in [-0.2, 0) is 6.42 Å². The van der Waals surface area contributed by atoms with Crippen LogP contribution < -0.4 is 10.5 Å². The van der Waals surface area contributed by atoms with E-state index in [2.05, 4.69) is 59.9 Å². The van der Waals surface area contributed by atoms with Crippen molar-refractivity contribution in [1.82, 2.24) is 20.1 Å². The second kappa shape index (κ2) is 11.6. The van der Waals surface area contributed by atoms with Gasteiger partial charge in [-0.15, -0.1) is 0 Å². The second-order valence-corrected chi connectivity index (χ2v) is 11.3. The molecule has 0 aliphatic carbocycles. The van der Waals surface area contributed by atoms with Crippen LogP contribution in [0.4, 0.5) is 5.69 Å². The van der Waals surface area contributed by atoms with Gasteiger partial charge < -0.3 is 10.5 Å². The number of fused-ring (bicyclic) bond motifs is 1. The Morgan fingerprint density at radius 3 is 2.56 bits per heavy atom. The Labute approximate surface area is 231 Å². The summed E-state index contributed by atoms with van der Waals surface area (Å²) in [4.78, 5) is 7.20. The number of nitrogens with zero attached hydrogens (tertiary/aromatic N) is 3. The van der Waals surface area contributed by atoms with E-state index < -0.39 is 0 Å². The first kappa shape index (κ1) is 26.9. The fourth-order valence-electron chi connectivity index (χ4n) is 5.62. The van der Waals surface area contributed by atoms with Gasteiger partial charge in [-0.25, -0.2) is 4.98 Å². The van der Waals surface area contributed by atoms with Gasteiger partial charge in [0.05, 0.1) is 5.71 Å². The van der Waals surface area contributed by atoms with Crippen molar-refractivity contribution in [3.8, 4) is 17.1 Å². The Morgan fingerprint density at radius 1 is 1.05 bits per heavy atom. The van der Waals surface area contributed by atoms with E-state index in [1.807, 2.05) is 42.5 Å². The third-order valence-electron chi connectivity index (χ3n) is 7.81. The third kappa shape index (κ3) is 6.14. The molecular weight excluding hydrogens is 484 g/mol. The number of H-pyrrole nitrogens is 1. The van der Waals surface area contributed by atoms with Crippen LogP contribution in [0.2, 0.25) is 0 Å². The summed E-state index contributed by atoms with van der Waals surface area (Å²) in [7, 11) is 0. The van der Waals surface area contributed by atoms with Crippen molar-refractivity contribution < 1.29 is 4.74 Å². The zero-order valence-electron chi connectivity index (χ0n) is 23.5. The Hall–Kier alpha value is -3.71. The molecule has 1 aliphatic rings. The zero-order valence-corrected chi connectivity index (χ0v) is 23.5. The number of hydrogen-bond donors (Lipinski definition) is 3. The lowest BCUT2D eigenvalue weighted by molar-refractivity contribution is 0.0852. The predicted octanol–water partition coefficient (Wildman–Crippen LogP) is 6.46. The topological polar surface area (TPSA) is 104 Å². The number of ether oxygens (including phenoxy) is 1. The van der Waals surface area contributed by atoms with E-state index in [0.29, 0.717) is 47.4 Å². The molecule has 39 heavy (non-hydrogen) atoms. The van der Waals surface area contributed by atoms with E-state index in [1.54, 1.807) is 0 Å². The Bertz CT molecular complexity index is 1450. The van der Waals surface area contributed by atoms with Gasteiger partial charge in [-0.1, -0.05) is 38.5 Å². The van der Waals surface area contributed by atoms with E-state index in [-0.39, 0.29) is 0 Å². The molecule has 2 atom stereocenters. The molecule has 1 aromatic heterocycles. The van der Waals surface area contributed by atoms with Crippen molar-refractivity contribution in [3.05, 3.63) is 71.5 Å². The zero-order chi connectivity index (χ0) is 27.5. The smallest absolute Gasteiger partial charge is 0.181 e. The lowest BCUT2D eigenvalue weighted by Crippen LogP contribution is -2.45. The molecule has 3 aromatic carbocycles. The molecule has 0 bridgehead atoms. The molecule has 4 aromatic rings. The maximum atomic E-state index is 8.95. The van der Waals surface area contributed by atoms with Crippen molar-refractivity contribution in [1.29, 1.82) is 5.41 Å². The van der Waals surface area contributed by atoms with Crippen LogP contribution >= 0.6 is 0 Å². The standard InChI is InChI=1S/C32H40N6O/c1-20(2)16-30-35-32(37-36-30)26-11-13-29(33)28(19-26)31(34)25-9-8-24-18-27(12-10-23(24)17-25)39-15-14-38-21(3)6-5-7-22(38)4/h8-13,17-22,34H,5-7,14-16,33H2,1-4H3,(H,35,36,37). The number of benzene rings is 3. The summed E-state index contributed by atoms with van der Waals surface area (Å²) in [6.45, 7) is 10.6. The van der Waals surface area contributed by atoms with Gasteiger partial charge >= 0.3 is 0 Å². The van der Waals surface area contributed by atoms with Crippen LogP contribution in [0.15, 0.2) is 54.6 Å². The number of likely N-dealkylation sites (tertiary alicyclic amines) is 1. The molecule has 1 saturated heterocycles. The summed E-state index contributed by atoms with van der Waals surface area (Å²) in [5.41, 5.74) is 9.57. The maximum Gasteiger partial charge on any atom is 0.181 e. The van der Waals surface area contributed by atoms with Crippen molar-refractivity contribution in [2.24, 2.45) is 5.92 Å². The highest BCUT2D eigenvalue weighted by Gasteiger charge is 2.24. The summed E-state index contributed by atoms with van der Waals surface area (Å²) < 4.78 is 6.14. The Kier molecular flexibility index (Phi) is 7.98. The minimum atomic E-state index is 0.374. The molecule has 0 radical (unpaired) electrons. The number of nitrogen functional groups attached to an aromatic ring is 1. The van der Waals surface area contributed by atoms with Gasteiger partial charge in [0.15, 0.2) is 5.82 Å². The maximum absolute atomic E-state index is 8.95. The van der Waals surface area contributed by atoms with Crippen molar-refractivity contribution >= 4 is 22.2 Å². The quantitative estimate of drug-likeness (QED) is 0.172. The van der Waals surface area contributed by atoms with E-state index in [9.17, 15) is 0 Å². The van der Waals surface area contributed by atoms with Crippen LogP contribution in [0.25, 0.3) is 22.2 Å². The number of nitrogens with one attached hydrogen (secondary N) is 2. The molecule has 2 heterocycles. The second-order valence-electron chi connectivity index (χ2n) is 11.3. The van der Waals surface area contributed by atoms with E-state index in [1.165, 1.54) is 19.3 Å². The van der Waals surface area contributed by atoms with Crippen LogP contribution in [0, 0.1) is 11.3 Å². The normalized spacial score (nSPS) is 18.1. The highest BCUT2D eigenvalue weighted by Crippen LogP contribution is 2.27. The molecule has 2 unspecified atom stereocenters. The molecule has 7 nitrogen and oxygen atoms in total. The molecule has 0 saturated carbocycles. The van der Waals surface area contributed by atoms with E-state index in [4.69, 9.17) is 15.9 Å². The Balaban J connectivity index is 1.29. The van der Waals surface area contributed by atoms with Crippen LogP contribution in [0.5, 0.6) is 5.75 Å². The highest BCUT2D eigenvalue weighted by molar-refractivity contribution is 6.15. The molecular formula is C32H40N6O. The van der Waals surface area contributed by atoms with E-state index in [0.717, 1.165) is 46.4 Å². The number of anilines is 1. The van der Waals surface area contributed by atoms with Gasteiger partial charge in [-0.2, -0.15) is 5.10 Å². The SMILES string of the molecule is CC(C)Cc1nc(-c2ccc(N)c(C(=N)c3ccc4cc(OCCN5C(C)CCCC5C)ccc4c3)c2)n[nH]1. The van der Waals surface area contributed by atoms with Crippen LogP contribution in [0.1, 0.15) is 63.9 Å². The van der Waals surface area contributed by atoms with Crippen LogP contribution in [0.3, 0.4) is 0 Å². The molecule has 4 N–H and O–H groups in total. The minimum absolute atomic E-state index is 0.374. The molecule has 5 rings (SSSR count). The number of aromatic amines is 1. The first-order chi connectivity index (χ1) is 18.8. The molecule has 0 amide bonds. The number of nitrogens with two attached hydrogens (primary N) is 1. The lowest BCUT2D eigenvalue weighted by atomic mass is 9.96. The molecule has 1 aliphatic heterocycles. The lowest BCUT2D eigenvalue weighted by Gasteiger charge is -2.38. The van der Waals surface area contributed by atoms with Crippen molar-refractivity contribution in [2.45, 2.75) is 65.5 Å². The fourth-order valence-corrected chi connectivity index (χ4v) is 5.62. The number of rotatable bonds is 9. The number of hydrogen-bond acceptors (Lipinski definition) is 6. The number of piperidine rings is 1. The van der Waals surface area contributed by atoms with Gasteiger partial charge in [-0.3, -0.25) is 15.4 Å². The largest absolute Gasteiger partial charge is 0.492 e. The van der Waals surface area contributed by atoms with Gasteiger partial charge in [0.2, 0.25) is 0 Å². The van der Waals surface area contributed by atoms with Crippen molar-refractivity contribution in [2.75, 3.05) is 18.9 Å². The molecule has 7 heteroatoms. The predicted molar refractivity (Wildman–Crippen MR) is 160 cm³/mol. The first-order valence-corrected chi connectivity index (χ1v) is 14.1. The minimum Gasteiger partial charge on any atom is -0.492 e. The summed E-state index contributed by atoms with van der Waals surface area (Å²) in [6, 6.07) is 19.1. The van der Waals surface area contributed by atoms with Gasteiger partial charge in [0, 0.05) is 47.4 Å². The monoisotopic (exact) mass is 524 g/mol. The summed E-state index contributed by atoms with van der Waals surface area (Å²) in [5, 5.41) is 18.5. The average molecular weight is 525 g/mol. The van der Waals surface area contributed by atoms with E-state index >= 15 is 0 Å². The molecule has 0 spiro atoms. The summed E-state index contributed by atoms with van der Waals surface area (Å²) in [5.74, 6) is 2.85. The van der Waals surface area contributed by atoms with Crippen molar-refractivity contribution in [3.63, 3.8) is 0 Å². The summed E-state index contributed by atoms with van der Waals surface area (Å²) in [6.07, 6.45) is 4.70. The average Bonchev–Trinajstić information content (AvgIpc) is 3.37. The number of aromatic nitrogens is 3. The Morgan fingerprint density at radius 2 is 1.79 bits per heavy atom. The van der Waals surface area contributed by atoms with Gasteiger partial charge in [0.1, 0.15) is 18.2 Å². The molecule has 1 fully saturated rings. The fraction of sp³-hybridized carbons (Fsp3) is 0.406. The van der Waals surface area contributed by atoms with Gasteiger partial charge in [0.25, 0.3) is 0 Å². The first-order valence-electron chi connectivity index (χ1n) is 14.1. The van der Waals surface area contributed by atoms with Gasteiger partial charge in [-0.05, 0) is 79.8 Å². The van der Waals surface area contributed by atoms with Crippen LogP contribution in [-0.4, -0.2) is 51.0 Å². The highest BCUT2D eigenvalue weighted by atomic mass is 16.5. The third-order valence-corrected chi connectivity index (χ3v) is 7.81. The summed E-state index contributed by atoms with van der Waals surface area (Å²) >= 11 is 0.